The molecule has 1 N–H and O–H groups in total. The van der Waals surface area contributed by atoms with Crippen LogP contribution in [-0.2, 0) is 4.79 Å². The highest BCUT2D eigenvalue weighted by Crippen LogP contribution is 2.41. The van der Waals surface area contributed by atoms with E-state index in [2.05, 4.69) is 0 Å². The topological polar surface area (TPSA) is 37.3 Å². The molecule has 0 radical (unpaired) electrons. The number of hydrogen-bond acceptors (Lipinski definition) is 2. The van der Waals surface area contributed by atoms with Crippen molar-refractivity contribution in [3.8, 4) is 0 Å². The van der Waals surface area contributed by atoms with Crippen LogP contribution in [0.4, 0.5) is 0 Å². The second-order valence-corrected chi connectivity index (χ2v) is 2.81. The molecule has 0 heterocycles. The van der Waals surface area contributed by atoms with Crippen LogP contribution in [0.2, 0.25) is 0 Å². The van der Waals surface area contributed by atoms with Gasteiger partial charge in [-0.15, -0.1) is 0 Å². The standard InChI is InChI=1S/C7H12O2/c8-5-4-7(6-9)2-1-3-7/h6,8H,1-5H2. The zero-order valence-electron chi connectivity index (χ0n) is 5.47. The molecule has 1 aliphatic rings. The lowest BCUT2D eigenvalue weighted by Crippen LogP contribution is -2.31. The Morgan fingerprint density at radius 2 is 2.22 bits per heavy atom. The Morgan fingerprint density at radius 3 is 2.33 bits per heavy atom. The Morgan fingerprint density at radius 1 is 1.56 bits per heavy atom. The van der Waals surface area contributed by atoms with Gasteiger partial charge in [-0.05, 0) is 19.3 Å². The van der Waals surface area contributed by atoms with Crippen LogP contribution in [0.1, 0.15) is 25.7 Å². The average molecular weight is 128 g/mol. The molecule has 0 spiro atoms. The van der Waals surface area contributed by atoms with E-state index in [1.165, 1.54) is 0 Å². The van der Waals surface area contributed by atoms with Crippen LogP contribution in [0.15, 0.2) is 0 Å². The minimum Gasteiger partial charge on any atom is -0.396 e. The fraction of sp³-hybridized carbons (Fsp3) is 0.857. The maximum Gasteiger partial charge on any atom is 0.126 e. The molecule has 0 atom stereocenters. The van der Waals surface area contributed by atoms with E-state index in [0.29, 0.717) is 6.42 Å². The molecule has 0 saturated heterocycles. The molecule has 0 amide bonds. The second kappa shape index (κ2) is 2.48. The predicted octanol–water partition coefficient (Wildman–Crippen LogP) is 0.738. The van der Waals surface area contributed by atoms with Crippen molar-refractivity contribution in [3.05, 3.63) is 0 Å². The van der Waals surface area contributed by atoms with E-state index in [9.17, 15) is 4.79 Å². The van der Waals surface area contributed by atoms with E-state index < -0.39 is 0 Å². The third-order valence-corrected chi connectivity index (χ3v) is 2.21. The highest BCUT2D eigenvalue weighted by Gasteiger charge is 2.35. The van der Waals surface area contributed by atoms with Crippen molar-refractivity contribution in [3.63, 3.8) is 0 Å². The zero-order valence-corrected chi connectivity index (χ0v) is 5.47. The number of aldehydes is 1. The second-order valence-electron chi connectivity index (χ2n) is 2.81. The fourth-order valence-corrected chi connectivity index (χ4v) is 1.28. The molecule has 52 valence electrons. The molecule has 0 unspecified atom stereocenters. The van der Waals surface area contributed by atoms with Crippen LogP contribution < -0.4 is 0 Å². The summed E-state index contributed by atoms with van der Waals surface area (Å²) >= 11 is 0. The summed E-state index contributed by atoms with van der Waals surface area (Å²) in [5.41, 5.74) is -0.116. The molecule has 0 aromatic carbocycles. The zero-order chi connectivity index (χ0) is 6.74. The van der Waals surface area contributed by atoms with Gasteiger partial charge >= 0.3 is 0 Å². The largest absolute Gasteiger partial charge is 0.396 e. The van der Waals surface area contributed by atoms with Gasteiger partial charge in [-0.3, -0.25) is 0 Å². The van der Waals surface area contributed by atoms with E-state index in [-0.39, 0.29) is 12.0 Å². The molecule has 0 aliphatic heterocycles. The third kappa shape index (κ3) is 1.13. The van der Waals surface area contributed by atoms with Crippen molar-refractivity contribution in [1.29, 1.82) is 0 Å². The molecule has 0 aromatic rings. The van der Waals surface area contributed by atoms with E-state index >= 15 is 0 Å². The first-order chi connectivity index (χ1) is 4.33. The Bertz CT molecular complexity index is 105. The van der Waals surface area contributed by atoms with Crippen molar-refractivity contribution in [1.82, 2.24) is 0 Å². The molecule has 2 nitrogen and oxygen atoms in total. The van der Waals surface area contributed by atoms with Crippen LogP contribution in [0.25, 0.3) is 0 Å². The molecule has 1 aliphatic carbocycles. The first-order valence-electron chi connectivity index (χ1n) is 3.40. The average Bonchev–Trinajstić information content (AvgIpc) is 1.79. The molecule has 1 rings (SSSR count). The minimum atomic E-state index is -0.116. The molecule has 1 fully saturated rings. The normalized spacial score (nSPS) is 22.8. The minimum absolute atomic E-state index is 0.116. The van der Waals surface area contributed by atoms with Gasteiger partial charge in [0.15, 0.2) is 0 Å². The van der Waals surface area contributed by atoms with Gasteiger partial charge in [0.05, 0.1) is 0 Å². The molecule has 1 saturated carbocycles. The van der Waals surface area contributed by atoms with Gasteiger partial charge in [-0.1, -0.05) is 6.42 Å². The number of carbonyl (C=O) groups excluding carboxylic acids is 1. The first-order valence-corrected chi connectivity index (χ1v) is 3.40. The van der Waals surface area contributed by atoms with Gasteiger partial charge in [0, 0.05) is 12.0 Å². The van der Waals surface area contributed by atoms with Crippen molar-refractivity contribution in [2.45, 2.75) is 25.7 Å². The number of hydrogen-bond donors (Lipinski definition) is 1. The van der Waals surface area contributed by atoms with E-state index in [1.807, 2.05) is 0 Å². The van der Waals surface area contributed by atoms with E-state index in [1.54, 1.807) is 0 Å². The Labute approximate surface area is 54.9 Å². The molecule has 9 heavy (non-hydrogen) atoms. The quantitative estimate of drug-likeness (QED) is 0.569. The van der Waals surface area contributed by atoms with Crippen LogP contribution in [-0.4, -0.2) is 18.0 Å². The van der Waals surface area contributed by atoms with E-state index in [0.717, 1.165) is 25.5 Å². The summed E-state index contributed by atoms with van der Waals surface area (Å²) in [4.78, 5) is 10.4. The summed E-state index contributed by atoms with van der Waals surface area (Å²) in [5, 5.41) is 8.54. The van der Waals surface area contributed by atoms with Crippen molar-refractivity contribution in [2.75, 3.05) is 6.61 Å². The van der Waals surface area contributed by atoms with Crippen LogP contribution in [0.3, 0.4) is 0 Å². The number of aliphatic hydroxyl groups is 1. The van der Waals surface area contributed by atoms with Crippen molar-refractivity contribution >= 4 is 6.29 Å². The monoisotopic (exact) mass is 128 g/mol. The summed E-state index contributed by atoms with van der Waals surface area (Å²) in [7, 11) is 0. The maximum absolute atomic E-state index is 10.4. The summed E-state index contributed by atoms with van der Waals surface area (Å²) in [5.74, 6) is 0. The third-order valence-electron chi connectivity index (χ3n) is 2.21. The summed E-state index contributed by atoms with van der Waals surface area (Å²) in [6, 6.07) is 0. The van der Waals surface area contributed by atoms with Crippen LogP contribution in [0, 0.1) is 5.41 Å². The Hall–Kier alpha value is -0.370. The number of aliphatic hydroxyl groups excluding tert-OH is 1. The number of rotatable bonds is 3. The lowest BCUT2D eigenvalue weighted by molar-refractivity contribution is -0.121. The Kier molecular flexibility index (Phi) is 1.86. The lowest BCUT2D eigenvalue weighted by Gasteiger charge is -2.35. The Balaban J connectivity index is 2.37. The van der Waals surface area contributed by atoms with E-state index in [4.69, 9.17) is 5.11 Å². The van der Waals surface area contributed by atoms with Crippen LogP contribution in [0.5, 0.6) is 0 Å². The summed E-state index contributed by atoms with van der Waals surface area (Å²) in [6.07, 6.45) is 4.79. The molecular weight excluding hydrogens is 116 g/mol. The molecular formula is C7H12O2. The van der Waals surface area contributed by atoms with Crippen LogP contribution >= 0.6 is 0 Å². The molecule has 0 bridgehead atoms. The first kappa shape index (κ1) is 6.75. The summed E-state index contributed by atoms with van der Waals surface area (Å²) in [6.45, 7) is 0.152. The van der Waals surface area contributed by atoms with Crippen molar-refractivity contribution < 1.29 is 9.90 Å². The summed E-state index contributed by atoms with van der Waals surface area (Å²) < 4.78 is 0. The molecule has 0 aromatic heterocycles. The maximum atomic E-state index is 10.4. The fourth-order valence-electron chi connectivity index (χ4n) is 1.28. The smallest absolute Gasteiger partial charge is 0.126 e. The number of carbonyl (C=O) groups is 1. The van der Waals surface area contributed by atoms with Gasteiger partial charge in [0.1, 0.15) is 6.29 Å². The predicted molar refractivity (Wildman–Crippen MR) is 34.1 cm³/mol. The highest BCUT2D eigenvalue weighted by atomic mass is 16.3. The lowest BCUT2D eigenvalue weighted by atomic mass is 9.68. The molecule has 2 heteroatoms. The van der Waals surface area contributed by atoms with Crippen molar-refractivity contribution in [2.24, 2.45) is 5.41 Å². The van der Waals surface area contributed by atoms with Gasteiger partial charge in [0.25, 0.3) is 0 Å². The van der Waals surface area contributed by atoms with Gasteiger partial charge in [-0.25, -0.2) is 0 Å². The SMILES string of the molecule is O=CC1(CCO)CCC1. The van der Waals surface area contributed by atoms with Gasteiger partial charge in [-0.2, -0.15) is 0 Å². The van der Waals surface area contributed by atoms with Gasteiger partial charge < -0.3 is 9.90 Å². The highest BCUT2D eigenvalue weighted by molar-refractivity contribution is 5.60. The van der Waals surface area contributed by atoms with Gasteiger partial charge in [0.2, 0.25) is 0 Å².